The highest BCUT2D eigenvalue weighted by molar-refractivity contribution is 5.76. The molecular weight excluding hydrogens is 290 g/mol. The van der Waals surface area contributed by atoms with Crippen LogP contribution < -0.4 is 0 Å². The number of aliphatic carboxylic acids is 1. The van der Waals surface area contributed by atoms with Gasteiger partial charge in [0.1, 0.15) is 5.82 Å². The van der Waals surface area contributed by atoms with Crippen molar-refractivity contribution in [1.29, 1.82) is 0 Å². The topological polar surface area (TPSA) is 55.1 Å². The normalized spacial score (nSPS) is 15.2. The third-order valence-corrected chi connectivity index (χ3v) is 4.31. The van der Waals surface area contributed by atoms with Crippen LogP contribution in [0.25, 0.3) is 11.0 Å². The summed E-state index contributed by atoms with van der Waals surface area (Å²) in [5.74, 6) is -1.36. The quantitative estimate of drug-likeness (QED) is 0.825. The Hall–Kier alpha value is -1.98. The number of aryl methyl sites for hydroxylation is 1. The summed E-state index contributed by atoms with van der Waals surface area (Å²) < 4.78 is 28.9. The zero-order valence-corrected chi connectivity index (χ0v) is 12.2. The van der Waals surface area contributed by atoms with Crippen molar-refractivity contribution in [3.8, 4) is 0 Å². The first-order chi connectivity index (χ1) is 10.6. The molecular formula is C16H18F2N2O2. The molecule has 1 heterocycles. The summed E-state index contributed by atoms with van der Waals surface area (Å²) in [6.07, 6.45) is 4.59. The first-order valence-corrected chi connectivity index (χ1v) is 7.63. The lowest BCUT2D eigenvalue weighted by Crippen LogP contribution is -2.15. The van der Waals surface area contributed by atoms with Gasteiger partial charge in [-0.2, -0.15) is 0 Å². The van der Waals surface area contributed by atoms with E-state index in [1.807, 2.05) is 4.57 Å². The molecule has 118 valence electrons. The van der Waals surface area contributed by atoms with Crippen molar-refractivity contribution < 1.29 is 18.7 Å². The predicted molar refractivity (Wildman–Crippen MR) is 77.7 cm³/mol. The standard InChI is InChI=1S/C16H18F2N2O2/c17-11-8-13-14(9-12(11)18)20(7-2-1-6-15(21)22)16(19-13)10-4-3-5-10/h8-10H,1-7H2,(H,21,22). The van der Waals surface area contributed by atoms with Crippen LogP contribution in [0.15, 0.2) is 12.1 Å². The number of fused-ring (bicyclic) bond motifs is 1. The van der Waals surface area contributed by atoms with E-state index in [1.54, 1.807) is 0 Å². The molecule has 0 unspecified atom stereocenters. The first kappa shape index (κ1) is 14.9. The number of benzene rings is 1. The zero-order chi connectivity index (χ0) is 15.7. The van der Waals surface area contributed by atoms with E-state index in [2.05, 4.69) is 4.98 Å². The third-order valence-electron chi connectivity index (χ3n) is 4.31. The lowest BCUT2D eigenvalue weighted by atomic mass is 9.85. The van der Waals surface area contributed by atoms with Gasteiger partial charge in [0.2, 0.25) is 0 Å². The fraction of sp³-hybridized carbons (Fsp3) is 0.500. The molecule has 1 saturated carbocycles. The number of hydrogen-bond acceptors (Lipinski definition) is 2. The van der Waals surface area contributed by atoms with Gasteiger partial charge in [-0.25, -0.2) is 13.8 Å². The lowest BCUT2D eigenvalue weighted by Gasteiger charge is -2.25. The van der Waals surface area contributed by atoms with Crippen molar-refractivity contribution in [1.82, 2.24) is 9.55 Å². The summed E-state index contributed by atoms with van der Waals surface area (Å²) in [4.78, 5) is 15.1. The second-order valence-corrected chi connectivity index (χ2v) is 5.86. The molecule has 0 atom stereocenters. The van der Waals surface area contributed by atoms with Gasteiger partial charge < -0.3 is 9.67 Å². The second kappa shape index (κ2) is 6.02. The maximum atomic E-state index is 13.5. The number of unbranched alkanes of at least 4 members (excludes halogenated alkanes) is 1. The Morgan fingerprint density at radius 1 is 1.27 bits per heavy atom. The van der Waals surface area contributed by atoms with Gasteiger partial charge in [0.15, 0.2) is 11.6 Å². The van der Waals surface area contributed by atoms with Crippen molar-refractivity contribution >= 4 is 17.0 Å². The van der Waals surface area contributed by atoms with Gasteiger partial charge in [0.05, 0.1) is 11.0 Å². The molecule has 1 aromatic carbocycles. The van der Waals surface area contributed by atoms with Crippen LogP contribution in [-0.2, 0) is 11.3 Å². The van der Waals surface area contributed by atoms with Gasteiger partial charge in [-0.05, 0) is 25.7 Å². The Balaban J connectivity index is 1.89. The van der Waals surface area contributed by atoms with E-state index in [-0.39, 0.29) is 6.42 Å². The van der Waals surface area contributed by atoms with Gasteiger partial charge in [-0.3, -0.25) is 4.79 Å². The first-order valence-electron chi connectivity index (χ1n) is 7.63. The number of nitrogens with zero attached hydrogens (tertiary/aromatic N) is 2. The average molecular weight is 308 g/mol. The summed E-state index contributed by atoms with van der Waals surface area (Å²) in [5.41, 5.74) is 1.06. The van der Waals surface area contributed by atoms with Crippen LogP contribution in [-0.4, -0.2) is 20.6 Å². The van der Waals surface area contributed by atoms with Gasteiger partial charge in [-0.1, -0.05) is 6.42 Å². The molecule has 22 heavy (non-hydrogen) atoms. The van der Waals surface area contributed by atoms with Crippen molar-refractivity contribution in [2.75, 3.05) is 0 Å². The van der Waals surface area contributed by atoms with Crippen LogP contribution in [0.4, 0.5) is 8.78 Å². The molecule has 6 heteroatoms. The number of imidazole rings is 1. The molecule has 1 aliphatic carbocycles. The van der Waals surface area contributed by atoms with E-state index in [1.165, 1.54) is 6.07 Å². The van der Waals surface area contributed by atoms with E-state index in [4.69, 9.17) is 5.11 Å². The van der Waals surface area contributed by atoms with Gasteiger partial charge in [0.25, 0.3) is 0 Å². The van der Waals surface area contributed by atoms with E-state index < -0.39 is 17.6 Å². The maximum absolute atomic E-state index is 13.5. The van der Waals surface area contributed by atoms with Gasteiger partial charge in [-0.15, -0.1) is 0 Å². The van der Waals surface area contributed by atoms with Gasteiger partial charge in [0, 0.05) is 31.0 Å². The summed E-state index contributed by atoms with van der Waals surface area (Å²) in [6.45, 7) is 0.584. The van der Waals surface area contributed by atoms with Crippen molar-refractivity contribution in [3.05, 3.63) is 29.6 Å². The molecule has 0 radical (unpaired) electrons. The molecule has 1 fully saturated rings. The molecule has 0 spiro atoms. The van der Waals surface area contributed by atoms with Crippen LogP contribution in [0.5, 0.6) is 0 Å². The number of carboxylic acids is 1. The van der Waals surface area contributed by atoms with E-state index >= 15 is 0 Å². The molecule has 4 nitrogen and oxygen atoms in total. The minimum atomic E-state index is -0.886. The van der Waals surface area contributed by atoms with Crippen LogP contribution in [0, 0.1) is 11.6 Å². The molecule has 1 aromatic heterocycles. The van der Waals surface area contributed by atoms with Crippen LogP contribution in [0.2, 0.25) is 0 Å². The lowest BCUT2D eigenvalue weighted by molar-refractivity contribution is -0.137. The smallest absolute Gasteiger partial charge is 0.303 e. The van der Waals surface area contributed by atoms with Crippen molar-refractivity contribution in [2.45, 2.75) is 51.0 Å². The number of aromatic nitrogens is 2. The maximum Gasteiger partial charge on any atom is 0.303 e. The Labute approximate surface area is 126 Å². The monoisotopic (exact) mass is 308 g/mol. The van der Waals surface area contributed by atoms with E-state index in [0.717, 1.165) is 31.2 Å². The number of halogens is 2. The van der Waals surface area contributed by atoms with Crippen molar-refractivity contribution in [2.24, 2.45) is 0 Å². The largest absolute Gasteiger partial charge is 0.481 e. The fourth-order valence-corrected chi connectivity index (χ4v) is 2.90. The molecule has 0 bridgehead atoms. The minimum absolute atomic E-state index is 0.119. The summed E-state index contributed by atoms with van der Waals surface area (Å²) in [7, 11) is 0. The summed E-state index contributed by atoms with van der Waals surface area (Å²) in [5, 5.41) is 8.69. The minimum Gasteiger partial charge on any atom is -0.481 e. The average Bonchev–Trinajstić information content (AvgIpc) is 2.71. The molecule has 2 aromatic rings. The molecule has 1 aliphatic rings. The van der Waals surface area contributed by atoms with Crippen LogP contribution in [0.1, 0.15) is 50.3 Å². The Bertz CT molecular complexity index is 708. The van der Waals surface area contributed by atoms with Gasteiger partial charge >= 0.3 is 5.97 Å². The SMILES string of the molecule is O=C(O)CCCCn1c(C2CCC2)nc2cc(F)c(F)cc21. The van der Waals surface area contributed by atoms with Crippen LogP contribution in [0.3, 0.4) is 0 Å². The third kappa shape index (κ3) is 2.82. The number of hydrogen-bond donors (Lipinski definition) is 1. The fourth-order valence-electron chi connectivity index (χ4n) is 2.90. The van der Waals surface area contributed by atoms with E-state index in [0.29, 0.717) is 36.3 Å². The number of carboxylic acid groups (broad SMARTS) is 1. The van der Waals surface area contributed by atoms with Crippen molar-refractivity contribution in [3.63, 3.8) is 0 Å². The summed E-state index contributed by atoms with van der Waals surface area (Å²) in [6, 6.07) is 2.33. The molecule has 0 saturated heterocycles. The predicted octanol–water partition coefficient (Wildman–Crippen LogP) is 3.84. The number of rotatable bonds is 6. The molecule has 0 aliphatic heterocycles. The Morgan fingerprint density at radius 2 is 2.00 bits per heavy atom. The Morgan fingerprint density at radius 3 is 2.64 bits per heavy atom. The highest BCUT2D eigenvalue weighted by atomic mass is 19.2. The summed E-state index contributed by atoms with van der Waals surface area (Å²) >= 11 is 0. The Kier molecular flexibility index (Phi) is 4.09. The molecule has 0 amide bonds. The van der Waals surface area contributed by atoms with E-state index in [9.17, 15) is 13.6 Å². The highest BCUT2D eigenvalue weighted by Gasteiger charge is 2.26. The second-order valence-electron chi connectivity index (χ2n) is 5.86. The van der Waals surface area contributed by atoms with Crippen LogP contribution >= 0.6 is 0 Å². The molecule has 3 rings (SSSR count). The molecule has 1 N–H and O–H groups in total. The highest BCUT2D eigenvalue weighted by Crippen LogP contribution is 2.37. The zero-order valence-electron chi connectivity index (χ0n) is 12.2. The number of carbonyl (C=O) groups is 1.